The fraction of sp³-hybridized carbons (Fsp3) is 0. The molecule has 4 heterocycles. The molecule has 17 aromatic rings. The first kappa shape index (κ1) is 44.6. The molecule has 0 aliphatic rings. The Labute approximate surface area is 462 Å². The van der Waals surface area contributed by atoms with Crippen LogP contribution < -0.4 is 0 Å². The molecule has 13 aromatic carbocycles. The zero-order valence-electron chi connectivity index (χ0n) is 43.6. The lowest BCUT2D eigenvalue weighted by atomic mass is 9.86. The highest BCUT2D eigenvalue weighted by Crippen LogP contribution is 2.54. The number of fused-ring (bicyclic) bond motifs is 14. The summed E-state index contributed by atoms with van der Waals surface area (Å²) < 4.78 is 5.23. The molecule has 0 amide bonds. The van der Waals surface area contributed by atoms with Gasteiger partial charge < -0.3 is 8.80 Å². The summed E-state index contributed by atoms with van der Waals surface area (Å²) in [6.07, 6.45) is 0. The molecule has 0 aliphatic carbocycles. The van der Waals surface area contributed by atoms with Crippen LogP contribution in [0.3, 0.4) is 0 Å². The van der Waals surface area contributed by atoms with Crippen LogP contribution in [0.25, 0.3) is 165 Å². The lowest BCUT2D eigenvalue weighted by molar-refractivity contribution is 1.37. The predicted octanol–water partition coefficient (Wildman–Crippen LogP) is 21.3. The molecule has 0 N–H and O–H groups in total. The standard InChI is InChI=1S/C78H48N2/c1-7-21-49(22-8-1)55-37-41-63-69(47-55)79-67-43-39-57(71-59(51-25-11-3-12-26-51)33-19-34-60(71)52-27-13-4-14-28-52)45-65(67)76-74-64-42-38-56(50-23-9-2-10-24-50)48-70(64)80-68-44-40-58(46-66(68)75(78(74)80)73(63)77(76)79)72-61(53-29-15-5-16-30-53)35-20-36-62(72)54-31-17-6-18-32-54/h1-48H. The van der Waals surface area contributed by atoms with Crippen LogP contribution in [0.5, 0.6) is 0 Å². The van der Waals surface area contributed by atoms with E-state index in [4.69, 9.17) is 0 Å². The van der Waals surface area contributed by atoms with Crippen molar-refractivity contribution in [3.05, 3.63) is 291 Å². The van der Waals surface area contributed by atoms with Crippen LogP contribution in [0.15, 0.2) is 291 Å². The molecule has 0 bridgehead atoms. The van der Waals surface area contributed by atoms with Gasteiger partial charge >= 0.3 is 0 Å². The van der Waals surface area contributed by atoms with Crippen molar-refractivity contribution < 1.29 is 0 Å². The number of aromatic nitrogens is 2. The first-order chi connectivity index (χ1) is 39.7. The lowest BCUT2D eigenvalue weighted by Crippen LogP contribution is -1.91. The monoisotopic (exact) mass is 1010 g/mol. The van der Waals surface area contributed by atoms with Gasteiger partial charge in [-0.25, -0.2) is 0 Å². The van der Waals surface area contributed by atoms with Gasteiger partial charge in [0.1, 0.15) is 0 Å². The van der Waals surface area contributed by atoms with Crippen molar-refractivity contribution in [2.75, 3.05) is 0 Å². The molecule has 2 nitrogen and oxygen atoms in total. The third kappa shape index (κ3) is 6.54. The first-order valence-electron chi connectivity index (χ1n) is 27.7. The Morgan fingerprint density at radius 3 is 0.787 bits per heavy atom. The molecule has 0 radical (unpaired) electrons. The maximum absolute atomic E-state index is 2.62. The average molecular weight is 1010 g/mol. The van der Waals surface area contributed by atoms with Crippen molar-refractivity contribution in [1.29, 1.82) is 0 Å². The molecule has 4 aromatic heterocycles. The molecule has 17 rings (SSSR count). The number of benzene rings is 13. The second-order valence-electron chi connectivity index (χ2n) is 21.4. The molecule has 0 unspecified atom stereocenters. The topological polar surface area (TPSA) is 8.82 Å². The Balaban J connectivity index is 1.05. The van der Waals surface area contributed by atoms with Gasteiger partial charge in [0.15, 0.2) is 0 Å². The van der Waals surface area contributed by atoms with Crippen LogP contribution in [-0.2, 0) is 0 Å². The normalized spacial score (nSPS) is 12.0. The van der Waals surface area contributed by atoms with E-state index < -0.39 is 0 Å². The molecular formula is C78H48N2. The van der Waals surface area contributed by atoms with E-state index in [0.717, 1.165) is 0 Å². The van der Waals surface area contributed by atoms with Crippen molar-refractivity contribution in [3.63, 3.8) is 0 Å². The smallest absolute Gasteiger partial charge is 0.0634 e. The molecule has 0 saturated carbocycles. The predicted molar refractivity (Wildman–Crippen MR) is 339 cm³/mol. The van der Waals surface area contributed by atoms with Gasteiger partial charge in [0.25, 0.3) is 0 Å². The summed E-state index contributed by atoms with van der Waals surface area (Å²) in [4.78, 5) is 0. The summed E-state index contributed by atoms with van der Waals surface area (Å²) in [6.45, 7) is 0. The van der Waals surface area contributed by atoms with Crippen molar-refractivity contribution >= 4 is 76.2 Å². The quantitative estimate of drug-likeness (QED) is 0.143. The second kappa shape index (κ2) is 17.5. The maximum atomic E-state index is 2.62. The molecule has 2 heteroatoms. The number of nitrogens with zero attached hydrogens (tertiary/aromatic N) is 2. The zero-order valence-corrected chi connectivity index (χ0v) is 43.6. The van der Waals surface area contributed by atoms with E-state index in [1.54, 1.807) is 0 Å². The summed E-state index contributed by atoms with van der Waals surface area (Å²) in [5.74, 6) is 0. The Hall–Kier alpha value is -10.5. The fourth-order valence-electron chi connectivity index (χ4n) is 13.8. The van der Waals surface area contributed by atoms with Crippen LogP contribution in [0.4, 0.5) is 0 Å². The van der Waals surface area contributed by atoms with E-state index in [0.29, 0.717) is 0 Å². The van der Waals surface area contributed by atoms with Gasteiger partial charge in [-0.3, -0.25) is 0 Å². The van der Waals surface area contributed by atoms with Crippen LogP contribution >= 0.6 is 0 Å². The van der Waals surface area contributed by atoms with Gasteiger partial charge in [-0.05, 0) is 125 Å². The number of rotatable bonds is 8. The third-order valence-corrected chi connectivity index (χ3v) is 17.2. The Kier molecular flexibility index (Phi) is 9.75. The average Bonchev–Trinajstić information content (AvgIpc) is 3.90. The fourth-order valence-corrected chi connectivity index (χ4v) is 13.8. The van der Waals surface area contributed by atoms with E-state index in [1.807, 2.05) is 0 Å². The zero-order chi connectivity index (χ0) is 52.4. The van der Waals surface area contributed by atoms with E-state index in [-0.39, 0.29) is 0 Å². The van der Waals surface area contributed by atoms with Gasteiger partial charge in [-0.1, -0.05) is 255 Å². The second-order valence-corrected chi connectivity index (χ2v) is 21.4. The lowest BCUT2D eigenvalue weighted by Gasteiger charge is -2.17. The van der Waals surface area contributed by atoms with Crippen molar-refractivity contribution in [1.82, 2.24) is 8.80 Å². The molecular weight excluding hydrogens is 965 g/mol. The minimum Gasteiger partial charge on any atom is -0.308 e. The molecule has 80 heavy (non-hydrogen) atoms. The van der Waals surface area contributed by atoms with Crippen LogP contribution in [-0.4, -0.2) is 8.80 Å². The number of hydrogen-bond donors (Lipinski definition) is 0. The van der Waals surface area contributed by atoms with Crippen molar-refractivity contribution in [2.24, 2.45) is 0 Å². The summed E-state index contributed by atoms with van der Waals surface area (Å²) in [6, 6.07) is 108. The number of hydrogen-bond acceptors (Lipinski definition) is 0. The van der Waals surface area contributed by atoms with Crippen molar-refractivity contribution in [2.45, 2.75) is 0 Å². The highest BCUT2D eigenvalue weighted by atomic mass is 14.9. The molecule has 0 spiro atoms. The summed E-state index contributed by atoms with van der Waals surface area (Å²) in [5.41, 5.74) is 26.6. The van der Waals surface area contributed by atoms with Gasteiger partial charge in [0, 0.05) is 43.1 Å². The van der Waals surface area contributed by atoms with E-state index in [9.17, 15) is 0 Å². The van der Waals surface area contributed by atoms with Crippen molar-refractivity contribution in [3.8, 4) is 89.0 Å². The van der Waals surface area contributed by atoms with Crippen LogP contribution in [0, 0.1) is 0 Å². The highest BCUT2D eigenvalue weighted by molar-refractivity contribution is 6.45. The highest BCUT2D eigenvalue weighted by Gasteiger charge is 2.30. The first-order valence-corrected chi connectivity index (χ1v) is 27.7. The maximum Gasteiger partial charge on any atom is 0.0634 e. The van der Waals surface area contributed by atoms with Crippen LogP contribution in [0.1, 0.15) is 0 Å². The van der Waals surface area contributed by atoms with Gasteiger partial charge in [-0.2, -0.15) is 0 Å². The van der Waals surface area contributed by atoms with Gasteiger partial charge in [-0.15, -0.1) is 0 Å². The summed E-state index contributed by atoms with van der Waals surface area (Å²) in [7, 11) is 0. The largest absolute Gasteiger partial charge is 0.308 e. The Morgan fingerprint density at radius 2 is 0.463 bits per heavy atom. The summed E-state index contributed by atoms with van der Waals surface area (Å²) in [5, 5.41) is 10.2. The van der Waals surface area contributed by atoms with E-state index >= 15 is 0 Å². The summed E-state index contributed by atoms with van der Waals surface area (Å²) >= 11 is 0. The Morgan fingerprint density at radius 1 is 0.175 bits per heavy atom. The molecule has 0 saturated heterocycles. The molecule has 370 valence electrons. The van der Waals surface area contributed by atoms with Gasteiger partial charge in [0.05, 0.1) is 33.1 Å². The molecule has 0 fully saturated rings. The van der Waals surface area contributed by atoms with Crippen LogP contribution in [0.2, 0.25) is 0 Å². The van der Waals surface area contributed by atoms with E-state index in [1.165, 1.54) is 165 Å². The molecule has 0 aliphatic heterocycles. The minimum atomic E-state index is 1.19. The minimum absolute atomic E-state index is 1.19. The third-order valence-electron chi connectivity index (χ3n) is 17.2. The Bertz CT molecular complexity index is 4780. The molecule has 0 atom stereocenters. The van der Waals surface area contributed by atoms with E-state index in [2.05, 4.69) is 300 Å². The SMILES string of the molecule is c1ccc(-c2ccc3c4c5c6cc(-c7c(-c8ccccc8)cccc7-c7ccccc7)ccc6n6c7cc(-c8ccccc8)ccc7c(c7c8cc(-c9c(-c%10ccccc%10)cccc9-c9ccccc9)ccc8n(c3c2)c74)c56)cc1. The van der Waals surface area contributed by atoms with Gasteiger partial charge in [0.2, 0.25) is 0 Å².